The minimum absolute atomic E-state index is 0.169. The second-order valence-electron chi connectivity index (χ2n) is 11.1. The molecule has 0 fully saturated rings. The van der Waals surface area contributed by atoms with Gasteiger partial charge in [0.25, 0.3) is 0 Å². The van der Waals surface area contributed by atoms with Crippen LogP contribution in [-0.2, 0) is 9.53 Å². The topological polar surface area (TPSA) is 26.3 Å². The summed E-state index contributed by atoms with van der Waals surface area (Å²) in [4.78, 5) is 11.8. The third-order valence-corrected chi connectivity index (χ3v) is 6.85. The largest absolute Gasteiger partial charge is 0.463 e. The lowest BCUT2D eigenvalue weighted by Gasteiger charge is -2.16. The molecule has 0 radical (unpaired) electrons. The quantitative estimate of drug-likeness (QED) is 0.0931. The molecule has 0 rings (SSSR count). The minimum Gasteiger partial charge on any atom is -0.463 e. The van der Waals surface area contributed by atoms with Gasteiger partial charge in [0.1, 0.15) is 0 Å². The van der Waals surface area contributed by atoms with Crippen LogP contribution in [-0.4, -0.2) is 12.6 Å². The van der Waals surface area contributed by atoms with Crippen molar-refractivity contribution in [1.82, 2.24) is 0 Å². The Kier molecular flexibility index (Phi) is 21.5. The molecule has 0 aliphatic rings. The fourth-order valence-electron chi connectivity index (χ4n) is 4.39. The van der Waals surface area contributed by atoms with E-state index in [4.69, 9.17) is 4.74 Å². The summed E-state index contributed by atoms with van der Waals surface area (Å²) in [5.74, 6) is 3.05. The van der Waals surface area contributed by atoms with Gasteiger partial charge in [0.05, 0.1) is 6.61 Å². The number of carbonyl (C=O) groups excluding carboxylic acids is 1. The van der Waals surface area contributed by atoms with E-state index >= 15 is 0 Å². The molecule has 0 aromatic heterocycles. The maximum absolute atomic E-state index is 11.8. The van der Waals surface area contributed by atoms with Crippen LogP contribution in [0.5, 0.6) is 0 Å². The first-order valence-corrected chi connectivity index (χ1v) is 14.2. The van der Waals surface area contributed by atoms with Gasteiger partial charge in [0.15, 0.2) is 0 Å². The summed E-state index contributed by atoms with van der Waals surface area (Å²) in [6, 6.07) is 0. The van der Waals surface area contributed by atoms with E-state index < -0.39 is 0 Å². The first-order valence-electron chi connectivity index (χ1n) is 14.2. The zero-order chi connectivity index (χ0) is 24.0. The van der Waals surface area contributed by atoms with E-state index in [1.54, 1.807) is 6.08 Å². The molecule has 0 bridgehead atoms. The monoisotopic (exact) mass is 450 g/mol. The van der Waals surface area contributed by atoms with E-state index in [1.165, 1.54) is 89.9 Å². The van der Waals surface area contributed by atoms with E-state index in [2.05, 4.69) is 41.5 Å². The maximum atomic E-state index is 11.8. The molecule has 0 spiro atoms. The molecule has 0 heterocycles. The van der Waals surface area contributed by atoms with Gasteiger partial charge in [-0.05, 0) is 42.9 Å². The van der Waals surface area contributed by atoms with Gasteiger partial charge in [-0.2, -0.15) is 0 Å². The van der Waals surface area contributed by atoms with E-state index in [9.17, 15) is 4.79 Å². The first-order chi connectivity index (χ1) is 15.3. The van der Waals surface area contributed by atoms with Crippen LogP contribution in [0.1, 0.15) is 144 Å². The van der Waals surface area contributed by atoms with Crippen molar-refractivity contribution >= 4 is 5.97 Å². The van der Waals surface area contributed by atoms with Gasteiger partial charge in [-0.1, -0.05) is 131 Å². The highest BCUT2D eigenvalue weighted by Gasteiger charge is 2.09. The predicted molar refractivity (Wildman–Crippen MR) is 142 cm³/mol. The van der Waals surface area contributed by atoms with Gasteiger partial charge >= 0.3 is 5.97 Å². The van der Waals surface area contributed by atoms with Gasteiger partial charge < -0.3 is 4.74 Å². The Labute approximate surface area is 202 Å². The second kappa shape index (κ2) is 22.0. The molecule has 2 heteroatoms. The van der Waals surface area contributed by atoms with Gasteiger partial charge in [0, 0.05) is 6.08 Å². The van der Waals surface area contributed by atoms with E-state index in [-0.39, 0.29) is 5.97 Å². The summed E-state index contributed by atoms with van der Waals surface area (Å²) in [5, 5.41) is 0. The molecule has 0 aromatic rings. The molecule has 0 saturated carbocycles. The van der Waals surface area contributed by atoms with Crippen LogP contribution in [0.2, 0.25) is 0 Å². The fraction of sp³-hybridized carbons (Fsp3) is 0.900. The van der Waals surface area contributed by atoms with Crippen LogP contribution >= 0.6 is 0 Å². The van der Waals surface area contributed by atoms with Crippen molar-refractivity contribution in [3.8, 4) is 0 Å². The highest BCUT2D eigenvalue weighted by atomic mass is 16.5. The Hall–Kier alpha value is -0.790. The fourth-order valence-corrected chi connectivity index (χ4v) is 4.39. The normalized spacial score (nSPS) is 14.7. The van der Waals surface area contributed by atoms with Crippen LogP contribution < -0.4 is 0 Å². The van der Waals surface area contributed by atoms with Crippen LogP contribution in [0.3, 0.4) is 0 Å². The molecular weight excluding hydrogens is 392 g/mol. The van der Waals surface area contributed by atoms with E-state index in [0.29, 0.717) is 12.5 Å². The number of unbranched alkanes of at least 4 members (excludes halogenated alkanes) is 5. The summed E-state index contributed by atoms with van der Waals surface area (Å²) in [5.41, 5.74) is 0. The van der Waals surface area contributed by atoms with E-state index in [0.717, 1.165) is 30.6 Å². The molecule has 2 nitrogen and oxygen atoms in total. The van der Waals surface area contributed by atoms with Crippen molar-refractivity contribution in [2.24, 2.45) is 23.7 Å². The highest BCUT2D eigenvalue weighted by molar-refractivity contribution is 5.81. The second-order valence-corrected chi connectivity index (χ2v) is 11.1. The van der Waals surface area contributed by atoms with Crippen molar-refractivity contribution in [2.75, 3.05) is 6.61 Å². The van der Waals surface area contributed by atoms with Gasteiger partial charge in [0.2, 0.25) is 0 Å². The number of hydrogen-bond acceptors (Lipinski definition) is 2. The lowest BCUT2D eigenvalue weighted by atomic mass is 9.91. The number of hydrogen-bond donors (Lipinski definition) is 0. The molecule has 32 heavy (non-hydrogen) atoms. The number of allylic oxidation sites excluding steroid dienone is 1. The zero-order valence-corrected chi connectivity index (χ0v) is 22.8. The van der Waals surface area contributed by atoms with Crippen LogP contribution in [0.4, 0.5) is 0 Å². The minimum atomic E-state index is -0.169. The van der Waals surface area contributed by atoms with Crippen molar-refractivity contribution in [2.45, 2.75) is 144 Å². The summed E-state index contributed by atoms with van der Waals surface area (Å²) in [7, 11) is 0. The smallest absolute Gasteiger partial charge is 0.330 e. The Morgan fingerprint density at radius 1 is 0.656 bits per heavy atom. The number of esters is 1. The molecular formula is C30H58O2. The Balaban J connectivity index is 3.61. The van der Waals surface area contributed by atoms with Crippen LogP contribution in [0, 0.1) is 23.7 Å². The molecule has 3 unspecified atom stereocenters. The number of carbonyl (C=O) groups is 1. The summed E-state index contributed by atoms with van der Waals surface area (Å²) < 4.78 is 5.38. The SMILES string of the molecule is CCCCCCC/C=C/C(=O)OCCC(C)CCCC(C)CCCC(C)CCCC(C)C. The van der Waals surface area contributed by atoms with Crippen LogP contribution in [0.15, 0.2) is 12.2 Å². The van der Waals surface area contributed by atoms with Crippen molar-refractivity contribution in [3.63, 3.8) is 0 Å². The van der Waals surface area contributed by atoms with Gasteiger partial charge in [-0.3, -0.25) is 0 Å². The average molecular weight is 451 g/mol. The zero-order valence-electron chi connectivity index (χ0n) is 22.8. The first kappa shape index (κ1) is 31.2. The van der Waals surface area contributed by atoms with E-state index in [1.807, 2.05) is 6.08 Å². The molecule has 0 aliphatic carbocycles. The third kappa shape index (κ3) is 22.4. The Morgan fingerprint density at radius 2 is 1.16 bits per heavy atom. The molecule has 0 saturated heterocycles. The molecule has 0 N–H and O–H groups in total. The summed E-state index contributed by atoms with van der Waals surface area (Å²) in [6.07, 6.45) is 24.2. The van der Waals surface area contributed by atoms with Gasteiger partial charge in [-0.25, -0.2) is 4.79 Å². The predicted octanol–water partition coefficient (Wildman–Crippen LogP) is 9.91. The number of rotatable bonds is 22. The molecule has 0 aromatic carbocycles. The molecule has 3 atom stereocenters. The van der Waals surface area contributed by atoms with Crippen molar-refractivity contribution < 1.29 is 9.53 Å². The van der Waals surface area contributed by atoms with Crippen LogP contribution in [0.25, 0.3) is 0 Å². The average Bonchev–Trinajstić information content (AvgIpc) is 2.73. The lowest BCUT2D eigenvalue weighted by Crippen LogP contribution is -2.07. The standard InChI is InChI=1S/C30H58O2/c1-7-8-9-10-11-12-13-23-30(31)32-25-24-29(6)22-16-21-28(5)20-15-19-27(4)18-14-17-26(2)3/h13,23,26-29H,7-12,14-22,24-25H2,1-6H3/b23-13+. The third-order valence-electron chi connectivity index (χ3n) is 6.85. The number of ether oxygens (including phenoxy) is 1. The van der Waals surface area contributed by atoms with Crippen molar-refractivity contribution in [1.29, 1.82) is 0 Å². The molecule has 0 aliphatic heterocycles. The Bertz CT molecular complexity index is 440. The maximum Gasteiger partial charge on any atom is 0.330 e. The summed E-state index contributed by atoms with van der Waals surface area (Å²) >= 11 is 0. The molecule has 0 amide bonds. The lowest BCUT2D eigenvalue weighted by molar-refractivity contribution is -0.138. The Morgan fingerprint density at radius 3 is 1.69 bits per heavy atom. The summed E-state index contributed by atoms with van der Waals surface area (Å²) in [6.45, 7) is 14.6. The highest BCUT2D eigenvalue weighted by Crippen LogP contribution is 2.22. The van der Waals surface area contributed by atoms with Crippen molar-refractivity contribution in [3.05, 3.63) is 12.2 Å². The molecule has 190 valence electrons. The van der Waals surface area contributed by atoms with Gasteiger partial charge in [-0.15, -0.1) is 0 Å².